The molecule has 0 spiro atoms. The van der Waals surface area contributed by atoms with Gasteiger partial charge >= 0.3 is 0 Å². The van der Waals surface area contributed by atoms with E-state index >= 15 is 0 Å². The van der Waals surface area contributed by atoms with Gasteiger partial charge in [0.15, 0.2) is 0 Å². The van der Waals surface area contributed by atoms with E-state index < -0.39 is 0 Å². The number of hydrogen-bond acceptors (Lipinski definition) is 2. The van der Waals surface area contributed by atoms with Gasteiger partial charge in [-0.25, -0.2) is 0 Å². The lowest BCUT2D eigenvalue weighted by Gasteiger charge is -2.25. The molecule has 1 aliphatic heterocycles. The molecule has 0 radical (unpaired) electrons. The predicted molar refractivity (Wildman–Crippen MR) is 70.4 cm³/mol. The molecule has 2 aromatic rings. The average Bonchev–Trinajstić information content (AvgIpc) is 2.87. The second-order valence-corrected chi connectivity index (χ2v) is 5.27. The van der Waals surface area contributed by atoms with Crippen LogP contribution in [0.3, 0.4) is 0 Å². The number of fused-ring (bicyclic) bond motifs is 1. The highest BCUT2D eigenvalue weighted by Crippen LogP contribution is 2.28. The van der Waals surface area contributed by atoms with Gasteiger partial charge in [-0.1, -0.05) is 18.2 Å². The van der Waals surface area contributed by atoms with Crippen LogP contribution in [0, 0.1) is 0 Å². The van der Waals surface area contributed by atoms with E-state index in [0.29, 0.717) is 0 Å². The van der Waals surface area contributed by atoms with Crippen molar-refractivity contribution >= 4 is 17.2 Å². The van der Waals surface area contributed by atoms with Crippen LogP contribution in [0.1, 0.15) is 15.9 Å². The average molecular weight is 243 g/mol. The van der Waals surface area contributed by atoms with Crippen LogP contribution in [0.25, 0.3) is 10.4 Å². The van der Waals surface area contributed by atoms with Crippen molar-refractivity contribution in [3.63, 3.8) is 0 Å². The van der Waals surface area contributed by atoms with Gasteiger partial charge in [0.1, 0.15) is 0 Å². The Hall–Kier alpha value is -1.61. The largest absolute Gasteiger partial charge is 0.341 e. The smallest absolute Gasteiger partial charge is 0.253 e. The van der Waals surface area contributed by atoms with Crippen LogP contribution in [0.2, 0.25) is 0 Å². The van der Waals surface area contributed by atoms with E-state index in [9.17, 15) is 4.79 Å². The minimum Gasteiger partial charge on any atom is -0.341 e. The van der Waals surface area contributed by atoms with Crippen molar-refractivity contribution in [2.24, 2.45) is 0 Å². The maximum absolute atomic E-state index is 12.1. The van der Waals surface area contributed by atoms with E-state index in [0.717, 1.165) is 24.1 Å². The number of carbonyl (C=O) groups is 1. The standard InChI is InChI=1S/C14H13NOS/c1-15-7-6-10-4-5-11(9-12(10)14(15)16)13-3-2-8-17-13/h2-5,8-9H,6-7H2,1H3. The van der Waals surface area contributed by atoms with Crippen molar-refractivity contribution in [2.75, 3.05) is 13.6 Å². The normalized spacial score (nSPS) is 14.9. The van der Waals surface area contributed by atoms with Gasteiger partial charge < -0.3 is 4.90 Å². The van der Waals surface area contributed by atoms with E-state index in [-0.39, 0.29) is 5.91 Å². The minimum absolute atomic E-state index is 0.143. The zero-order chi connectivity index (χ0) is 11.8. The number of nitrogens with zero attached hydrogens (tertiary/aromatic N) is 1. The first-order valence-electron chi connectivity index (χ1n) is 5.68. The lowest BCUT2D eigenvalue weighted by atomic mass is 9.96. The molecule has 1 amide bonds. The van der Waals surface area contributed by atoms with Crippen molar-refractivity contribution in [2.45, 2.75) is 6.42 Å². The van der Waals surface area contributed by atoms with Crippen molar-refractivity contribution in [3.05, 3.63) is 46.8 Å². The van der Waals surface area contributed by atoms with Crippen LogP contribution in [-0.2, 0) is 6.42 Å². The number of hydrogen-bond donors (Lipinski definition) is 0. The molecule has 3 heteroatoms. The Bertz CT molecular complexity index is 560. The van der Waals surface area contributed by atoms with Gasteiger partial charge in [0, 0.05) is 24.0 Å². The number of likely N-dealkylation sites (N-methyl/N-ethyl adjacent to an activating group) is 1. The molecule has 0 saturated carbocycles. The van der Waals surface area contributed by atoms with Gasteiger partial charge in [-0.15, -0.1) is 11.3 Å². The molecule has 2 heterocycles. The highest BCUT2D eigenvalue weighted by atomic mass is 32.1. The summed E-state index contributed by atoms with van der Waals surface area (Å²) in [5, 5.41) is 2.06. The zero-order valence-corrected chi connectivity index (χ0v) is 10.5. The number of benzene rings is 1. The van der Waals surface area contributed by atoms with E-state index in [1.165, 1.54) is 10.4 Å². The molecule has 0 saturated heterocycles. The summed E-state index contributed by atoms with van der Waals surface area (Å²) in [7, 11) is 1.86. The summed E-state index contributed by atoms with van der Waals surface area (Å²) in [4.78, 5) is 15.1. The molecule has 2 nitrogen and oxygen atoms in total. The van der Waals surface area contributed by atoms with Gasteiger partial charge in [0.25, 0.3) is 5.91 Å². The molecule has 0 atom stereocenters. The summed E-state index contributed by atoms with van der Waals surface area (Å²) in [5.74, 6) is 0.143. The maximum atomic E-state index is 12.1. The second kappa shape index (κ2) is 4.00. The zero-order valence-electron chi connectivity index (χ0n) is 9.64. The third-order valence-corrected chi connectivity index (χ3v) is 4.13. The molecule has 17 heavy (non-hydrogen) atoms. The molecule has 1 aliphatic rings. The summed E-state index contributed by atoms with van der Waals surface area (Å²) < 4.78 is 0. The molecule has 0 bridgehead atoms. The lowest BCUT2D eigenvalue weighted by Crippen LogP contribution is -2.34. The number of rotatable bonds is 1. The quantitative estimate of drug-likeness (QED) is 0.754. The monoisotopic (exact) mass is 243 g/mol. The Kier molecular flexibility index (Phi) is 2.48. The fourth-order valence-electron chi connectivity index (χ4n) is 2.18. The van der Waals surface area contributed by atoms with E-state index in [1.54, 1.807) is 16.2 Å². The topological polar surface area (TPSA) is 20.3 Å². The van der Waals surface area contributed by atoms with Crippen LogP contribution in [0.15, 0.2) is 35.7 Å². The van der Waals surface area contributed by atoms with Gasteiger partial charge in [0.05, 0.1) is 0 Å². The number of amides is 1. The van der Waals surface area contributed by atoms with Gasteiger partial charge in [0.2, 0.25) is 0 Å². The molecule has 1 aromatic carbocycles. The molecular formula is C14H13NOS. The highest BCUT2D eigenvalue weighted by Gasteiger charge is 2.21. The Morgan fingerprint density at radius 2 is 2.18 bits per heavy atom. The first-order valence-corrected chi connectivity index (χ1v) is 6.56. The van der Waals surface area contributed by atoms with Gasteiger partial charge in [-0.05, 0) is 35.1 Å². The van der Waals surface area contributed by atoms with E-state index in [1.807, 2.05) is 19.2 Å². The minimum atomic E-state index is 0.143. The predicted octanol–water partition coefficient (Wildman–Crippen LogP) is 3.04. The van der Waals surface area contributed by atoms with E-state index in [2.05, 4.69) is 23.6 Å². The van der Waals surface area contributed by atoms with Gasteiger partial charge in [-0.2, -0.15) is 0 Å². The molecule has 0 fully saturated rings. The summed E-state index contributed by atoms with van der Waals surface area (Å²) in [6.45, 7) is 0.824. The molecule has 0 unspecified atom stereocenters. The van der Waals surface area contributed by atoms with Crippen LogP contribution in [-0.4, -0.2) is 24.4 Å². The molecule has 1 aromatic heterocycles. The fourth-order valence-corrected chi connectivity index (χ4v) is 2.91. The third kappa shape index (κ3) is 1.76. The Morgan fingerprint density at radius 3 is 2.94 bits per heavy atom. The molecule has 3 rings (SSSR count). The van der Waals surface area contributed by atoms with Crippen molar-refractivity contribution in [1.29, 1.82) is 0 Å². The number of carbonyl (C=O) groups excluding carboxylic acids is 1. The van der Waals surface area contributed by atoms with Crippen molar-refractivity contribution in [1.82, 2.24) is 4.90 Å². The van der Waals surface area contributed by atoms with Crippen LogP contribution in [0.4, 0.5) is 0 Å². The van der Waals surface area contributed by atoms with Crippen molar-refractivity contribution in [3.8, 4) is 10.4 Å². The Balaban J connectivity index is 2.09. The summed E-state index contributed by atoms with van der Waals surface area (Å²) in [5.41, 5.74) is 3.18. The fraction of sp³-hybridized carbons (Fsp3) is 0.214. The van der Waals surface area contributed by atoms with E-state index in [4.69, 9.17) is 0 Å². The Labute approximate surface area is 105 Å². The van der Waals surface area contributed by atoms with Crippen molar-refractivity contribution < 1.29 is 4.79 Å². The third-order valence-electron chi connectivity index (χ3n) is 3.21. The Morgan fingerprint density at radius 1 is 1.29 bits per heavy atom. The first kappa shape index (κ1) is 10.5. The SMILES string of the molecule is CN1CCc2ccc(-c3cccs3)cc2C1=O. The second-order valence-electron chi connectivity index (χ2n) is 4.33. The molecule has 0 aliphatic carbocycles. The summed E-state index contributed by atoms with van der Waals surface area (Å²) in [6, 6.07) is 10.4. The van der Waals surface area contributed by atoms with Crippen LogP contribution in [0.5, 0.6) is 0 Å². The first-order chi connectivity index (χ1) is 8.25. The molecule has 86 valence electrons. The number of thiophene rings is 1. The molecule has 0 N–H and O–H groups in total. The maximum Gasteiger partial charge on any atom is 0.253 e. The van der Waals surface area contributed by atoms with Crippen LogP contribution >= 0.6 is 11.3 Å². The van der Waals surface area contributed by atoms with Gasteiger partial charge in [-0.3, -0.25) is 4.79 Å². The van der Waals surface area contributed by atoms with Crippen LogP contribution < -0.4 is 0 Å². The highest BCUT2D eigenvalue weighted by molar-refractivity contribution is 7.13. The molecular weight excluding hydrogens is 230 g/mol. The summed E-state index contributed by atoms with van der Waals surface area (Å²) >= 11 is 1.70. The summed E-state index contributed by atoms with van der Waals surface area (Å²) in [6.07, 6.45) is 0.961. The lowest BCUT2D eigenvalue weighted by molar-refractivity contribution is 0.0781.